The lowest BCUT2D eigenvalue weighted by atomic mass is 10.1. The highest BCUT2D eigenvalue weighted by Gasteiger charge is 2.44. The second kappa shape index (κ2) is 7.58. The number of aromatic nitrogens is 2. The van der Waals surface area contributed by atoms with Gasteiger partial charge in [-0.1, -0.05) is 0 Å². The molecule has 158 valence electrons. The van der Waals surface area contributed by atoms with E-state index in [0.29, 0.717) is 25.3 Å². The van der Waals surface area contributed by atoms with Crippen LogP contribution in [0.1, 0.15) is 29.2 Å². The second-order valence-electron chi connectivity index (χ2n) is 8.29. The molecule has 0 spiro atoms. The molecule has 3 heterocycles. The van der Waals surface area contributed by atoms with Crippen molar-refractivity contribution in [3.63, 3.8) is 0 Å². The number of ether oxygens (including phenoxy) is 2. The van der Waals surface area contributed by atoms with Gasteiger partial charge in [0.15, 0.2) is 0 Å². The van der Waals surface area contributed by atoms with E-state index in [0.717, 1.165) is 40.0 Å². The van der Waals surface area contributed by atoms with Crippen LogP contribution >= 0.6 is 0 Å². The summed E-state index contributed by atoms with van der Waals surface area (Å²) in [5.74, 6) is 1.51. The number of hydrogen-bond acceptors (Lipinski definition) is 6. The van der Waals surface area contributed by atoms with Crippen LogP contribution < -0.4 is 14.8 Å². The average Bonchev–Trinajstić information content (AvgIpc) is 3.16. The zero-order chi connectivity index (χ0) is 20.8. The van der Waals surface area contributed by atoms with E-state index >= 15 is 0 Å². The summed E-state index contributed by atoms with van der Waals surface area (Å²) in [4.78, 5) is 4.50. The highest BCUT2D eigenvalue weighted by molar-refractivity contribution is 5.79. The van der Waals surface area contributed by atoms with Gasteiger partial charge in [0.05, 0.1) is 6.04 Å². The van der Waals surface area contributed by atoms with E-state index in [-0.39, 0.29) is 6.04 Å². The number of hydrogen-bond donors (Lipinski definition) is 3. The first-order valence-electron chi connectivity index (χ1n) is 10.4. The van der Waals surface area contributed by atoms with Crippen molar-refractivity contribution in [2.45, 2.75) is 51.2 Å². The smallest absolute Gasteiger partial charge is 0.140 e. The molecule has 0 radical (unpaired) electrons. The van der Waals surface area contributed by atoms with Crippen LogP contribution in [0.2, 0.25) is 0 Å². The Morgan fingerprint density at radius 1 is 1.20 bits per heavy atom. The maximum absolute atomic E-state index is 10.8. The Morgan fingerprint density at radius 2 is 2.07 bits per heavy atom. The first kappa shape index (κ1) is 19.4. The van der Waals surface area contributed by atoms with Gasteiger partial charge in [0.2, 0.25) is 0 Å². The van der Waals surface area contributed by atoms with E-state index in [4.69, 9.17) is 9.47 Å². The number of fused-ring (bicyclic) bond motifs is 2. The van der Waals surface area contributed by atoms with Gasteiger partial charge in [0.25, 0.3) is 0 Å². The van der Waals surface area contributed by atoms with Gasteiger partial charge in [-0.2, -0.15) is 0 Å². The van der Waals surface area contributed by atoms with E-state index in [9.17, 15) is 10.2 Å². The Balaban J connectivity index is 1.45. The summed E-state index contributed by atoms with van der Waals surface area (Å²) in [5, 5.41) is 26.0. The summed E-state index contributed by atoms with van der Waals surface area (Å²) in [6.45, 7) is 6.06. The fourth-order valence-corrected chi connectivity index (χ4v) is 4.59. The number of aryl methyl sites for hydroxylation is 2. The van der Waals surface area contributed by atoms with E-state index < -0.39 is 18.3 Å². The fraction of sp³-hybridized carbons (Fsp3) is 0.435. The number of rotatable bonds is 3. The van der Waals surface area contributed by atoms with Gasteiger partial charge in [0.1, 0.15) is 42.1 Å². The third-order valence-corrected chi connectivity index (χ3v) is 6.22. The number of aliphatic hydroxyl groups excluding tert-OH is 2. The van der Waals surface area contributed by atoms with E-state index in [1.165, 1.54) is 0 Å². The molecule has 3 N–H and O–H groups in total. The quantitative estimate of drug-likeness (QED) is 0.615. The SMILES string of the molecule is Cc1cc2c(c(OC3CC(n4ccc5c(C)ccnc54)C(O)C3O)c1)CNCCO2. The summed E-state index contributed by atoms with van der Waals surface area (Å²) >= 11 is 0. The molecule has 4 atom stereocenters. The first-order chi connectivity index (χ1) is 14.5. The Morgan fingerprint density at radius 3 is 2.93 bits per heavy atom. The summed E-state index contributed by atoms with van der Waals surface area (Å²) in [7, 11) is 0. The molecular formula is C23H27N3O4. The largest absolute Gasteiger partial charge is 0.492 e. The lowest BCUT2D eigenvalue weighted by Gasteiger charge is -2.21. The van der Waals surface area contributed by atoms with Gasteiger partial charge in [-0.25, -0.2) is 4.98 Å². The van der Waals surface area contributed by atoms with Crippen molar-refractivity contribution in [1.82, 2.24) is 14.9 Å². The van der Waals surface area contributed by atoms with Gasteiger partial charge in [-0.15, -0.1) is 0 Å². The van der Waals surface area contributed by atoms with Crippen LogP contribution in [0, 0.1) is 13.8 Å². The minimum atomic E-state index is -0.993. The zero-order valence-corrected chi connectivity index (χ0v) is 17.2. The van der Waals surface area contributed by atoms with Gasteiger partial charge in [0, 0.05) is 42.9 Å². The molecule has 30 heavy (non-hydrogen) atoms. The highest BCUT2D eigenvalue weighted by atomic mass is 16.5. The first-order valence-corrected chi connectivity index (χ1v) is 10.4. The lowest BCUT2D eigenvalue weighted by Crippen LogP contribution is -2.34. The van der Waals surface area contributed by atoms with Gasteiger partial charge in [-0.05, 0) is 49.2 Å². The molecule has 7 heteroatoms. The molecule has 3 aromatic rings. The molecule has 0 amide bonds. The van der Waals surface area contributed by atoms with Gasteiger partial charge < -0.3 is 29.6 Å². The van der Waals surface area contributed by atoms with Crippen molar-refractivity contribution in [3.8, 4) is 11.5 Å². The van der Waals surface area contributed by atoms with Crippen LogP contribution in [0.15, 0.2) is 36.7 Å². The van der Waals surface area contributed by atoms with Crippen LogP contribution in [0.4, 0.5) is 0 Å². The van der Waals surface area contributed by atoms with Crippen LogP contribution in [0.5, 0.6) is 11.5 Å². The number of nitrogens with zero attached hydrogens (tertiary/aromatic N) is 2. The molecule has 0 saturated heterocycles. The average molecular weight is 409 g/mol. The highest BCUT2D eigenvalue weighted by Crippen LogP contribution is 2.39. The van der Waals surface area contributed by atoms with Crippen LogP contribution in [0.3, 0.4) is 0 Å². The van der Waals surface area contributed by atoms with Gasteiger partial charge >= 0.3 is 0 Å². The Kier molecular flexibility index (Phi) is 4.89. The molecule has 1 aromatic carbocycles. The maximum atomic E-state index is 10.8. The summed E-state index contributed by atoms with van der Waals surface area (Å²) < 4.78 is 14.1. The molecular weight excluding hydrogens is 382 g/mol. The molecule has 2 aromatic heterocycles. The molecule has 7 nitrogen and oxygen atoms in total. The maximum Gasteiger partial charge on any atom is 0.140 e. The fourth-order valence-electron chi connectivity index (χ4n) is 4.59. The third kappa shape index (κ3) is 3.23. The minimum absolute atomic E-state index is 0.311. The van der Waals surface area contributed by atoms with E-state index in [1.807, 2.05) is 48.9 Å². The third-order valence-electron chi connectivity index (χ3n) is 6.22. The van der Waals surface area contributed by atoms with Crippen molar-refractivity contribution in [2.75, 3.05) is 13.2 Å². The van der Waals surface area contributed by atoms with E-state index in [1.54, 1.807) is 6.20 Å². The topological polar surface area (TPSA) is 88.8 Å². The Hall–Kier alpha value is -2.61. The molecule has 1 saturated carbocycles. The molecule has 5 rings (SSSR count). The van der Waals surface area contributed by atoms with Crippen molar-refractivity contribution in [1.29, 1.82) is 0 Å². The van der Waals surface area contributed by atoms with Crippen molar-refractivity contribution < 1.29 is 19.7 Å². The van der Waals surface area contributed by atoms with Gasteiger partial charge in [-0.3, -0.25) is 0 Å². The van der Waals surface area contributed by atoms with Crippen molar-refractivity contribution in [2.24, 2.45) is 0 Å². The normalized spacial score (nSPS) is 26.3. The molecule has 2 aliphatic rings. The summed E-state index contributed by atoms with van der Waals surface area (Å²) in [6.07, 6.45) is 1.73. The monoisotopic (exact) mass is 409 g/mol. The molecule has 1 aliphatic carbocycles. The summed E-state index contributed by atoms with van der Waals surface area (Å²) in [5.41, 5.74) is 3.93. The lowest BCUT2D eigenvalue weighted by molar-refractivity contribution is -0.0166. The number of benzene rings is 1. The van der Waals surface area contributed by atoms with Crippen LogP contribution in [-0.2, 0) is 6.54 Å². The predicted octanol–water partition coefficient (Wildman–Crippen LogP) is 2.25. The van der Waals surface area contributed by atoms with Crippen LogP contribution in [0.25, 0.3) is 11.0 Å². The minimum Gasteiger partial charge on any atom is -0.492 e. The predicted molar refractivity (Wildman–Crippen MR) is 113 cm³/mol. The van der Waals surface area contributed by atoms with E-state index in [2.05, 4.69) is 10.3 Å². The Labute approximate surface area is 175 Å². The summed E-state index contributed by atoms with van der Waals surface area (Å²) in [6, 6.07) is 7.65. The number of nitrogens with one attached hydrogen (secondary N) is 1. The molecule has 4 unspecified atom stereocenters. The molecule has 1 aliphatic heterocycles. The van der Waals surface area contributed by atoms with Crippen molar-refractivity contribution >= 4 is 11.0 Å². The second-order valence-corrected chi connectivity index (χ2v) is 8.29. The van der Waals surface area contributed by atoms with Crippen LogP contribution in [-0.4, -0.2) is 51.2 Å². The number of aliphatic hydroxyl groups is 2. The standard InChI is InChI=1S/C23H27N3O4/c1-13-9-18-16(12-24-6-8-29-18)19(10-13)30-20-11-17(21(27)22(20)28)26-7-4-15-14(2)3-5-25-23(15)26/h3-5,7,9-10,17,20-22,24,27-28H,6,8,11-12H2,1-2H3. The zero-order valence-electron chi connectivity index (χ0n) is 17.2. The molecule has 0 bridgehead atoms. The molecule has 1 fully saturated rings. The Bertz CT molecular complexity index is 1080. The number of pyridine rings is 1. The van der Waals surface area contributed by atoms with Crippen molar-refractivity contribution in [3.05, 3.63) is 53.3 Å².